The molecule has 0 saturated carbocycles. The van der Waals surface area contributed by atoms with Gasteiger partial charge in [0.1, 0.15) is 17.5 Å². The molecule has 0 spiro atoms. The smallest absolute Gasteiger partial charge is 0.378 e. The van der Waals surface area contributed by atoms with Crippen LogP contribution in [0.25, 0.3) is 0 Å². The summed E-state index contributed by atoms with van der Waals surface area (Å²) >= 11 is 0. The molecule has 1 heterocycles. The zero-order chi connectivity index (χ0) is 14.8. The van der Waals surface area contributed by atoms with E-state index in [1.165, 1.54) is 6.07 Å². The van der Waals surface area contributed by atoms with Gasteiger partial charge in [-0.3, -0.25) is 0 Å². The van der Waals surface area contributed by atoms with Gasteiger partial charge in [0.2, 0.25) is 0 Å². The van der Waals surface area contributed by atoms with Crippen molar-refractivity contribution in [1.82, 2.24) is 5.16 Å². The number of halogens is 3. The SMILES string of the molecule is Cc1cc(CNc2ccc(C(F)(F)F)cc2C#N)no1. The normalized spacial score (nSPS) is 11.2. The average Bonchev–Trinajstić information content (AvgIpc) is 2.81. The second-order valence-corrected chi connectivity index (χ2v) is 4.15. The lowest BCUT2D eigenvalue weighted by Gasteiger charge is -2.10. The van der Waals surface area contributed by atoms with Crippen LogP contribution in [0.1, 0.15) is 22.6 Å². The molecule has 0 amide bonds. The van der Waals surface area contributed by atoms with Crippen molar-refractivity contribution in [1.29, 1.82) is 5.26 Å². The number of anilines is 1. The van der Waals surface area contributed by atoms with Gasteiger partial charge in [-0.2, -0.15) is 18.4 Å². The maximum absolute atomic E-state index is 12.5. The van der Waals surface area contributed by atoms with Crippen LogP contribution in [0.5, 0.6) is 0 Å². The topological polar surface area (TPSA) is 61.9 Å². The van der Waals surface area contributed by atoms with E-state index in [1.807, 2.05) is 0 Å². The predicted octanol–water partition coefficient (Wildman–Crippen LogP) is 3.49. The summed E-state index contributed by atoms with van der Waals surface area (Å²) in [5, 5.41) is 15.5. The second-order valence-electron chi connectivity index (χ2n) is 4.15. The zero-order valence-electron chi connectivity index (χ0n) is 10.5. The molecule has 4 nitrogen and oxygen atoms in total. The highest BCUT2D eigenvalue weighted by atomic mass is 19.4. The van der Waals surface area contributed by atoms with Crippen LogP contribution in [-0.2, 0) is 12.7 Å². The number of nitrogens with one attached hydrogen (secondary N) is 1. The van der Waals surface area contributed by atoms with Gasteiger partial charge in [-0.1, -0.05) is 5.16 Å². The number of benzene rings is 1. The first kappa shape index (κ1) is 13.9. The molecule has 1 aromatic heterocycles. The largest absolute Gasteiger partial charge is 0.416 e. The van der Waals surface area contributed by atoms with E-state index in [9.17, 15) is 13.2 Å². The Labute approximate surface area is 112 Å². The van der Waals surface area contributed by atoms with Gasteiger partial charge in [-0.25, -0.2) is 0 Å². The van der Waals surface area contributed by atoms with Gasteiger partial charge in [-0.15, -0.1) is 0 Å². The lowest BCUT2D eigenvalue weighted by Crippen LogP contribution is -2.07. The number of aryl methyl sites for hydroxylation is 1. The highest BCUT2D eigenvalue weighted by Gasteiger charge is 2.31. The van der Waals surface area contributed by atoms with Crippen LogP contribution in [0.15, 0.2) is 28.8 Å². The van der Waals surface area contributed by atoms with E-state index in [-0.39, 0.29) is 12.1 Å². The third-order valence-corrected chi connectivity index (χ3v) is 2.60. The van der Waals surface area contributed by atoms with Crippen molar-refractivity contribution < 1.29 is 17.7 Å². The van der Waals surface area contributed by atoms with Crippen LogP contribution in [0.4, 0.5) is 18.9 Å². The third-order valence-electron chi connectivity index (χ3n) is 2.60. The predicted molar refractivity (Wildman–Crippen MR) is 64.7 cm³/mol. The van der Waals surface area contributed by atoms with Crippen molar-refractivity contribution in [2.45, 2.75) is 19.6 Å². The fraction of sp³-hybridized carbons (Fsp3) is 0.231. The van der Waals surface area contributed by atoms with E-state index in [0.717, 1.165) is 12.1 Å². The molecule has 20 heavy (non-hydrogen) atoms. The van der Waals surface area contributed by atoms with Crippen LogP contribution < -0.4 is 5.32 Å². The van der Waals surface area contributed by atoms with Gasteiger partial charge in [0.25, 0.3) is 0 Å². The number of alkyl halides is 3. The molecule has 1 N–H and O–H groups in total. The van der Waals surface area contributed by atoms with Crippen LogP contribution in [0.3, 0.4) is 0 Å². The molecule has 7 heteroatoms. The fourth-order valence-electron chi connectivity index (χ4n) is 1.65. The number of rotatable bonds is 3. The molecule has 2 rings (SSSR count). The van der Waals surface area contributed by atoms with Crippen molar-refractivity contribution in [3.05, 3.63) is 46.8 Å². The Morgan fingerprint density at radius 1 is 1.35 bits per heavy atom. The summed E-state index contributed by atoms with van der Waals surface area (Å²) < 4.78 is 42.5. The molecule has 0 unspecified atom stereocenters. The summed E-state index contributed by atoms with van der Waals surface area (Å²) in [5.74, 6) is 0.634. The zero-order valence-corrected chi connectivity index (χ0v) is 10.5. The van der Waals surface area contributed by atoms with Gasteiger partial charge < -0.3 is 9.84 Å². The van der Waals surface area contributed by atoms with Crippen LogP contribution in [-0.4, -0.2) is 5.16 Å². The number of nitrogens with zero attached hydrogens (tertiary/aromatic N) is 2. The van der Waals surface area contributed by atoms with Gasteiger partial charge >= 0.3 is 6.18 Å². The van der Waals surface area contributed by atoms with Crippen molar-refractivity contribution in [3.63, 3.8) is 0 Å². The molecule has 0 fully saturated rings. The molecule has 0 bridgehead atoms. The first-order valence-electron chi connectivity index (χ1n) is 5.67. The van der Waals surface area contributed by atoms with Gasteiger partial charge in [-0.05, 0) is 25.1 Å². The number of nitriles is 1. The number of hydrogen-bond donors (Lipinski definition) is 1. The molecule has 0 radical (unpaired) electrons. The van der Waals surface area contributed by atoms with Gasteiger partial charge in [0, 0.05) is 6.07 Å². The highest BCUT2D eigenvalue weighted by molar-refractivity contribution is 5.59. The lowest BCUT2D eigenvalue weighted by atomic mass is 10.1. The van der Waals surface area contributed by atoms with E-state index in [4.69, 9.17) is 9.78 Å². The van der Waals surface area contributed by atoms with E-state index in [1.54, 1.807) is 19.1 Å². The molecular formula is C13H10F3N3O. The molecule has 0 saturated heterocycles. The van der Waals surface area contributed by atoms with E-state index >= 15 is 0 Å². The number of aromatic nitrogens is 1. The van der Waals surface area contributed by atoms with Crippen molar-refractivity contribution in [3.8, 4) is 6.07 Å². The van der Waals surface area contributed by atoms with Gasteiger partial charge in [0.15, 0.2) is 0 Å². The van der Waals surface area contributed by atoms with Crippen molar-refractivity contribution in [2.75, 3.05) is 5.32 Å². The number of hydrogen-bond acceptors (Lipinski definition) is 4. The van der Waals surface area contributed by atoms with Crippen LogP contribution in [0.2, 0.25) is 0 Å². The van der Waals surface area contributed by atoms with E-state index < -0.39 is 11.7 Å². The van der Waals surface area contributed by atoms with Crippen molar-refractivity contribution in [2.24, 2.45) is 0 Å². The summed E-state index contributed by atoms with van der Waals surface area (Å²) in [6.45, 7) is 1.99. The minimum atomic E-state index is -4.46. The van der Waals surface area contributed by atoms with E-state index in [0.29, 0.717) is 17.1 Å². The summed E-state index contributed by atoms with van der Waals surface area (Å²) in [7, 11) is 0. The lowest BCUT2D eigenvalue weighted by molar-refractivity contribution is -0.137. The minimum absolute atomic E-state index is 0.0694. The third kappa shape index (κ3) is 3.09. The Kier molecular flexibility index (Phi) is 3.66. The molecule has 1 aromatic carbocycles. The first-order chi connectivity index (χ1) is 9.40. The molecule has 104 valence electrons. The quantitative estimate of drug-likeness (QED) is 0.935. The Balaban J connectivity index is 2.18. The summed E-state index contributed by atoms with van der Waals surface area (Å²) in [4.78, 5) is 0. The van der Waals surface area contributed by atoms with Crippen LogP contribution in [0, 0.1) is 18.3 Å². The highest BCUT2D eigenvalue weighted by Crippen LogP contribution is 2.31. The summed E-state index contributed by atoms with van der Waals surface area (Å²) in [6.07, 6.45) is -4.46. The molecule has 0 aliphatic heterocycles. The fourth-order valence-corrected chi connectivity index (χ4v) is 1.65. The molecule has 2 aromatic rings. The van der Waals surface area contributed by atoms with Crippen LogP contribution >= 0.6 is 0 Å². The average molecular weight is 281 g/mol. The Morgan fingerprint density at radius 2 is 2.10 bits per heavy atom. The second kappa shape index (κ2) is 5.25. The summed E-state index contributed by atoms with van der Waals surface area (Å²) in [6, 6.07) is 6.41. The maximum Gasteiger partial charge on any atom is 0.416 e. The Bertz CT molecular complexity index is 656. The summed E-state index contributed by atoms with van der Waals surface area (Å²) in [5.41, 5.74) is 0.00404. The molecule has 0 aliphatic carbocycles. The first-order valence-corrected chi connectivity index (χ1v) is 5.67. The molecular weight excluding hydrogens is 271 g/mol. The molecule has 0 aliphatic rings. The van der Waals surface area contributed by atoms with E-state index in [2.05, 4.69) is 10.5 Å². The minimum Gasteiger partial charge on any atom is -0.378 e. The Morgan fingerprint density at radius 3 is 2.65 bits per heavy atom. The van der Waals surface area contributed by atoms with Crippen molar-refractivity contribution >= 4 is 5.69 Å². The van der Waals surface area contributed by atoms with Gasteiger partial charge in [0.05, 0.1) is 23.4 Å². The standard InChI is InChI=1S/C13H10F3N3O/c1-8-4-11(19-20-8)7-18-12-3-2-10(13(14,15)16)5-9(12)6-17/h2-5,18H,7H2,1H3. The molecule has 0 atom stereocenters. The monoisotopic (exact) mass is 281 g/mol. The Hall–Kier alpha value is -2.49. The maximum atomic E-state index is 12.5.